The van der Waals surface area contributed by atoms with Gasteiger partial charge in [0.2, 0.25) is 5.88 Å². The zero-order chi connectivity index (χ0) is 24.7. The van der Waals surface area contributed by atoms with Gasteiger partial charge in [-0.15, -0.1) is 6.42 Å². The monoisotopic (exact) mass is 486 g/mol. The van der Waals surface area contributed by atoms with Gasteiger partial charge >= 0.3 is 0 Å². The zero-order valence-electron chi connectivity index (χ0n) is 19.0. The average molecular weight is 487 g/mol. The number of nitrogens with two attached hydrogens (primary N) is 1. The van der Waals surface area contributed by atoms with Gasteiger partial charge in [-0.1, -0.05) is 17.7 Å². The highest BCUT2D eigenvalue weighted by atomic mass is 32.2. The van der Waals surface area contributed by atoms with E-state index in [2.05, 4.69) is 20.9 Å². The molecule has 2 N–H and O–H groups in total. The van der Waals surface area contributed by atoms with Crippen molar-refractivity contribution in [3.63, 3.8) is 0 Å². The van der Waals surface area contributed by atoms with Crippen LogP contribution in [-0.4, -0.2) is 45.5 Å². The first-order valence-electron chi connectivity index (χ1n) is 10.6. The summed E-state index contributed by atoms with van der Waals surface area (Å²) in [7, 11) is 1.59. The number of ketones is 1. The molecule has 2 aliphatic rings. The van der Waals surface area contributed by atoms with Crippen molar-refractivity contribution in [2.45, 2.75) is 43.1 Å². The molecule has 2 heterocycles. The third-order valence-corrected chi connectivity index (χ3v) is 7.46. The summed E-state index contributed by atoms with van der Waals surface area (Å²) in [4.78, 5) is 25.4. The Labute approximate surface area is 200 Å². The number of fused-ring (bicyclic) bond motifs is 1. The number of nitrogens with zero attached hydrogens (tertiary/aromatic N) is 3. The number of ether oxygens (including phenoxy) is 2. The van der Waals surface area contributed by atoms with Gasteiger partial charge in [-0.05, 0) is 38.0 Å². The molecule has 0 bridgehead atoms. The number of Topliss-reactive ketones (excluding diaryl/α,β-unsaturated/α-hetero) is 1. The summed E-state index contributed by atoms with van der Waals surface area (Å²) in [5, 5.41) is 0.298. The summed E-state index contributed by atoms with van der Waals surface area (Å²) >= 11 is 1.41. The van der Waals surface area contributed by atoms with Gasteiger partial charge in [-0.2, -0.15) is 0 Å². The molecular weight excluding hydrogens is 462 g/mol. The maximum Gasteiger partial charge on any atom is 0.233 e. The highest BCUT2D eigenvalue weighted by Crippen LogP contribution is 2.66. The minimum Gasteiger partial charge on any atom is -0.460 e. The van der Waals surface area contributed by atoms with Crippen molar-refractivity contribution in [3.05, 3.63) is 53.0 Å². The van der Waals surface area contributed by atoms with Crippen LogP contribution in [0, 0.1) is 29.9 Å². The molecule has 1 aromatic carbocycles. The average Bonchev–Trinajstić information content (AvgIpc) is 3.51. The van der Waals surface area contributed by atoms with Crippen molar-refractivity contribution in [3.8, 4) is 18.2 Å². The second-order valence-electron chi connectivity index (χ2n) is 8.66. The van der Waals surface area contributed by atoms with Crippen LogP contribution in [0.1, 0.15) is 41.9 Å². The van der Waals surface area contributed by atoms with Gasteiger partial charge in [0.05, 0.1) is 29.3 Å². The number of terminal acetylenes is 1. The van der Waals surface area contributed by atoms with Gasteiger partial charge in [0.1, 0.15) is 5.69 Å². The maximum atomic E-state index is 15.0. The number of rotatable bonds is 8. The van der Waals surface area contributed by atoms with Gasteiger partial charge in [-0.3, -0.25) is 9.79 Å². The second-order valence-corrected chi connectivity index (χ2v) is 10.1. The summed E-state index contributed by atoms with van der Waals surface area (Å²) in [5.41, 5.74) is 5.42. The van der Waals surface area contributed by atoms with Gasteiger partial charge in [0.15, 0.2) is 28.7 Å². The van der Waals surface area contributed by atoms with E-state index in [0.717, 1.165) is 6.07 Å². The number of benzene rings is 1. The second kappa shape index (κ2) is 8.96. The number of hydrogen-bond acceptors (Lipinski definition) is 8. The first-order valence-corrected chi connectivity index (χ1v) is 11.4. The molecule has 4 atom stereocenters. The van der Waals surface area contributed by atoms with E-state index in [0.29, 0.717) is 23.8 Å². The Balaban J connectivity index is 1.60. The minimum atomic E-state index is -1.08. The molecule has 2 aromatic rings. The van der Waals surface area contributed by atoms with Crippen LogP contribution in [0.4, 0.5) is 8.78 Å². The topological polar surface area (TPSA) is 99.7 Å². The molecule has 0 saturated heterocycles. The molecule has 1 saturated carbocycles. The summed E-state index contributed by atoms with van der Waals surface area (Å²) in [5.74, 6) is 0.0399. The van der Waals surface area contributed by atoms with Crippen molar-refractivity contribution >= 4 is 22.7 Å². The van der Waals surface area contributed by atoms with Gasteiger partial charge in [0, 0.05) is 25.0 Å². The van der Waals surface area contributed by atoms with Crippen LogP contribution in [0.3, 0.4) is 0 Å². The van der Waals surface area contributed by atoms with E-state index in [1.807, 2.05) is 0 Å². The molecule has 0 amide bonds. The third-order valence-electron chi connectivity index (χ3n) is 6.19. The number of methoxy groups -OCH3 is 1. The van der Waals surface area contributed by atoms with Crippen molar-refractivity contribution in [1.29, 1.82) is 0 Å². The standard InChI is InChI=1S/C24H24F2N4O3S/c1-5-13(2)33-20-11-28-17(10-29-20)18(31)8-14-6-15(21(26)16(25)7-14)23(3)19-9-24(19,12-32-4)34-22(27)30-23/h1,6-7,10-11,13,19H,8-9,12H2,2-4H3,(H2,27,30)/t13-,19-,23+,24+/m0/s1. The summed E-state index contributed by atoms with van der Waals surface area (Å²) in [6.07, 6.45) is 7.83. The Kier molecular flexibility index (Phi) is 6.36. The third kappa shape index (κ3) is 4.38. The van der Waals surface area contributed by atoms with Gasteiger partial charge in [0.25, 0.3) is 0 Å². The predicted molar refractivity (Wildman–Crippen MR) is 125 cm³/mol. The van der Waals surface area contributed by atoms with E-state index in [4.69, 9.17) is 21.6 Å². The molecule has 34 heavy (non-hydrogen) atoms. The lowest BCUT2D eigenvalue weighted by Crippen LogP contribution is -2.38. The summed E-state index contributed by atoms with van der Waals surface area (Å²) < 4.78 is 40.0. The normalized spacial score (nSPS) is 26.1. The molecule has 4 rings (SSSR count). The highest BCUT2D eigenvalue weighted by molar-refractivity contribution is 8.15. The smallest absolute Gasteiger partial charge is 0.233 e. The molecule has 10 heteroatoms. The summed E-state index contributed by atoms with van der Waals surface area (Å²) in [6.45, 7) is 3.84. The fraction of sp³-hybridized carbons (Fsp3) is 0.417. The van der Waals surface area contributed by atoms with Gasteiger partial charge in [-0.25, -0.2) is 18.7 Å². The fourth-order valence-electron chi connectivity index (χ4n) is 4.46. The van der Waals surface area contributed by atoms with Crippen LogP contribution >= 0.6 is 11.8 Å². The van der Waals surface area contributed by atoms with E-state index in [1.165, 1.54) is 30.2 Å². The van der Waals surface area contributed by atoms with Crippen molar-refractivity contribution in [2.24, 2.45) is 16.6 Å². The van der Waals surface area contributed by atoms with E-state index in [1.54, 1.807) is 21.0 Å². The number of hydrogen-bond donors (Lipinski definition) is 1. The zero-order valence-corrected chi connectivity index (χ0v) is 19.8. The molecule has 1 aliphatic carbocycles. The lowest BCUT2D eigenvalue weighted by molar-refractivity contribution is 0.0987. The number of amidine groups is 1. The Morgan fingerprint density at radius 3 is 2.79 bits per heavy atom. The van der Waals surface area contributed by atoms with E-state index >= 15 is 4.39 Å². The SMILES string of the molecule is C#C[C@H](C)Oc1cnc(C(=O)Cc2cc(F)c(F)c([C@@]3(C)N=C(N)S[C@@]4(COC)C[C@H]43)c2)cn1. The highest BCUT2D eigenvalue weighted by Gasteiger charge is 2.66. The lowest BCUT2D eigenvalue weighted by Gasteiger charge is -2.34. The number of carbonyl (C=O) groups is 1. The molecule has 0 radical (unpaired) electrons. The van der Waals surface area contributed by atoms with E-state index in [9.17, 15) is 9.18 Å². The van der Waals surface area contributed by atoms with Crippen LogP contribution in [0.5, 0.6) is 5.88 Å². The molecule has 178 valence electrons. The Hall–Kier alpha value is -3.03. The van der Waals surface area contributed by atoms with Crippen molar-refractivity contribution in [1.82, 2.24) is 9.97 Å². The van der Waals surface area contributed by atoms with Crippen LogP contribution in [0.2, 0.25) is 0 Å². The lowest BCUT2D eigenvalue weighted by atomic mass is 9.84. The number of thioether (sulfide) groups is 1. The van der Waals surface area contributed by atoms with Crippen LogP contribution in [-0.2, 0) is 16.7 Å². The molecule has 1 aromatic heterocycles. The van der Waals surface area contributed by atoms with Crippen LogP contribution < -0.4 is 10.5 Å². The fourth-order valence-corrected chi connectivity index (χ4v) is 5.91. The van der Waals surface area contributed by atoms with Crippen molar-refractivity contribution in [2.75, 3.05) is 13.7 Å². The molecule has 0 spiro atoms. The maximum absolute atomic E-state index is 15.0. The molecule has 7 nitrogen and oxygen atoms in total. The largest absolute Gasteiger partial charge is 0.460 e. The molecule has 0 unspecified atom stereocenters. The summed E-state index contributed by atoms with van der Waals surface area (Å²) in [6, 6.07) is 2.50. The number of aliphatic imine (C=N–C) groups is 1. The van der Waals surface area contributed by atoms with E-state index in [-0.39, 0.29) is 34.2 Å². The first kappa shape index (κ1) is 24.1. The van der Waals surface area contributed by atoms with E-state index < -0.39 is 29.1 Å². The molecular formula is C24H24F2N4O3S. The molecule has 1 aliphatic heterocycles. The number of carbonyl (C=O) groups excluding carboxylic acids is 1. The minimum absolute atomic E-state index is 0.0656. The molecule has 1 fully saturated rings. The quantitative estimate of drug-likeness (QED) is 0.452. The Morgan fingerprint density at radius 2 is 2.15 bits per heavy atom. The first-order chi connectivity index (χ1) is 16.1. The predicted octanol–water partition coefficient (Wildman–Crippen LogP) is 3.26. The number of aromatic nitrogens is 2. The van der Waals surface area contributed by atoms with Crippen LogP contribution in [0.15, 0.2) is 29.5 Å². The van der Waals surface area contributed by atoms with Crippen LogP contribution in [0.25, 0.3) is 0 Å². The Bertz CT molecular complexity index is 1200. The Morgan fingerprint density at radius 1 is 1.38 bits per heavy atom. The van der Waals surface area contributed by atoms with Gasteiger partial charge < -0.3 is 15.2 Å². The van der Waals surface area contributed by atoms with Crippen molar-refractivity contribution < 1.29 is 23.0 Å². The number of halogens is 2.